The zero-order valence-corrected chi connectivity index (χ0v) is 18.4. The Morgan fingerprint density at radius 3 is 2.56 bits per heavy atom. The number of aldehydes is 1. The lowest BCUT2D eigenvalue weighted by molar-refractivity contribution is -0.111. The molecule has 1 aliphatic carbocycles. The minimum absolute atomic E-state index is 0.0663. The van der Waals surface area contributed by atoms with Crippen molar-refractivity contribution >= 4 is 12.2 Å². The van der Waals surface area contributed by atoms with Gasteiger partial charge in [-0.3, -0.25) is 4.79 Å². The van der Waals surface area contributed by atoms with E-state index in [4.69, 9.17) is 10.5 Å². The minimum atomic E-state index is -2.93. The summed E-state index contributed by atoms with van der Waals surface area (Å²) in [5.74, 6) is 6.70. The highest BCUT2D eigenvalue weighted by Crippen LogP contribution is 2.46. The predicted molar refractivity (Wildman–Crippen MR) is 121 cm³/mol. The average molecular weight is 440 g/mol. The number of ether oxygens (including phenoxy) is 1. The number of carbonyl (C=O) groups is 1. The Hall–Kier alpha value is -3.40. The second-order valence-corrected chi connectivity index (χ2v) is 8.04. The molecule has 1 fully saturated rings. The molecule has 5 nitrogen and oxygen atoms in total. The van der Waals surface area contributed by atoms with Gasteiger partial charge in [0, 0.05) is 18.5 Å². The maximum atomic E-state index is 12.9. The fraction of sp³-hybridized carbons (Fsp3) is 0.360. The lowest BCUT2D eigenvalue weighted by Crippen LogP contribution is -2.36. The molecule has 0 spiro atoms. The Morgan fingerprint density at radius 1 is 1.25 bits per heavy atom. The highest BCUT2D eigenvalue weighted by molar-refractivity contribution is 5.84. The van der Waals surface area contributed by atoms with Gasteiger partial charge in [-0.1, -0.05) is 43.9 Å². The summed E-state index contributed by atoms with van der Waals surface area (Å²) in [4.78, 5) is 17.1. The molecule has 0 radical (unpaired) electrons. The predicted octanol–water partition coefficient (Wildman–Crippen LogP) is 4.15. The maximum Gasteiger partial charge on any atom is 0.387 e. The number of carbonyl (C=O) groups excluding carboxylic acids is 1. The zero-order chi connectivity index (χ0) is 23.3. The fourth-order valence-corrected chi connectivity index (χ4v) is 3.47. The van der Waals surface area contributed by atoms with Gasteiger partial charge < -0.3 is 15.8 Å². The number of guanidine groups is 1. The molecule has 0 bridgehead atoms. The number of rotatable bonds is 7. The van der Waals surface area contributed by atoms with Gasteiger partial charge in [-0.25, -0.2) is 4.99 Å². The average Bonchev–Trinajstić information content (AvgIpc) is 3.61. The summed E-state index contributed by atoms with van der Waals surface area (Å²) >= 11 is 0. The smallest absolute Gasteiger partial charge is 0.387 e. The van der Waals surface area contributed by atoms with Crippen molar-refractivity contribution in [3.05, 3.63) is 64.7 Å². The molecule has 1 aliphatic rings. The second-order valence-electron chi connectivity index (χ2n) is 8.04. The summed E-state index contributed by atoms with van der Waals surface area (Å²) in [6.45, 7) is 1.06. The molecule has 2 aromatic rings. The van der Waals surface area contributed by atoms with Crippen molar-refractivity contribution < 1.29 is 18.3 Å². The van der Waals surface area contributed by atoms with Gasteiger partial charge in [-0.05, 0) is 59.7 Å². The van der Waals surface area contributed by atoms with E-state index in [-0.39, 0.29) is 23.5 Å². The number of hydrogen-bond acceptors (Lipinski definition) is 3. The molecule has 0 aromatic heterocycles. The third-order valence-corrected chi connectivity index (χ3v) is 5.21. The fourth-order valence-electron chi connectivity index (χ4n) is 3.47. The minimum Gasteiger partial charge on any atom is -0.435 e. The molecule has 3 N–H and O–H groups in total. The van der Waals surface area contributed by atoms with E-state index in [0.29, 0.717) is 23.0 Å². The molecule has 1 atom stereocenters. The summed E-state index contributed by atoms with van der Waals surface area (Å²) in [6, 6.07) is 12.0. The molecule has 7 heteroatoms. The van der Waals surface area contributed by atoms with E-state index in [1.54, 1.807) is 37.4 Å². The first-order valence-corrected chi connectivity index (χ1v) is 10.5. The van der Waals surface area contributed by atoms with Crippen LogP contribution >= 0.6 is 0 Å². The van der Waals surface area contributed by atoms with Gasteiger partial charge in [-0.15, -0.1) is 0 Å². The van der Waals surface area contributed by atoms with E-state index in [0.717, 1.165) is 18.4 Å². The number of benzene rings is 2. The van der Waals surface area contributed by atoms with Gasteiger partial charge >= 0.3 is 6.61 Å². The van der Waals surface area contributed by atoms with Crippen LogP contribution in [0.15, 0.2) is 47.5 Å². The van der Waals surface area contributed by atoms with Crippen molar-refractivity contribution in [3.8, 4) is 17.6 Å². The standard InChI is InChI=1S/C25H27F2N3O2/c1-16(2)7-8-17-5-4-6-19(13-17)25(15-31,30-24(28)29-3)20-11-12-22(32-23(26)27)21(14-20)18-9-10-18/h4-6,11-16,18,23H,9-10H2,1-3H3,(H3,28,29,30)/t25-/m0/s1. The van der Waals surface area contributed by atoms with E-state index in [1.807, 2.05) is 19.9 Å². The van der Waals surface area contributed by atoms with Crippen LogP contribution in [-0.4, -0.2) is 25.9 Å². The second kappa shape index (κ2) is 9.82. The lowest BCUT2D eigenvalue weighted by atomic mass is 9.82. The van der Waals surface area contributed by atoms with Gasteiger partial charge in [0.05, 0.1) is 0 Å². The molecule has 32 heavy (non-hydrogen) atoms. The summed E-state index contributed by atoms with van der Waals surface area (Å²) in [5, 5.41) is 2.75. The first-order valence-electron chi connectivity index (χ1n) is 10.5. The van der Waals surface area contributed by atoms with Crippen LogP contribution in [0.3, 0.4) is 0 Å². The van der Waals surface area contributed by atoms with Crippen LogP contribution in [-0.2, 0) is 10.3 Å². The molecule has 0 heterocycles. The highest BCUT2D eigenvalue weighted by atomic mass is 19.3. The number of aliphatic imine (C=N–C) groups is 1. The lowest BCUT2D eigenvalue weighted by Gasteiger charge is -2.27. The third-order valence-electron chi connectivity index (χ3n) is 5.21. The Balaban J connectivity index is 2.20. The van der Waals surface area contributed by atoms with E-state index >= 15 is 0 Å². The van der Waals surface area contributed by atoms with Crippen molar-refractivity contribution in [2.24, 2.45) is 16.6 Å². The number of halogens is 2. The molecule has 168 valence electrons. The molecule has 2 aromatic carbocycles. The molecule has 0 amide bonds. The van der Waals surface area contributed by atoms with Crippen LogP contribution < -0.4 is 15.8 Å². The van der Waals surface area contributed by atoms with Crippen molar-refractivity contribution in [2.45, 2.75) is 44.8 Å². The summed E-state index contributed by atoms with van der Waals surface area (Å²) in [5.41, 5.74) is 6.97. The maximum absolute atomic E-state index is 12.9. The number of alkyl halides is 2. The molecule has 3 rings (SSSR count). The third kappa shape index (κ3) is 5.25. The Morgan fingerprint density at radius 2 is 1.97 bits per heavy atom. The van der Waals surface area contributed by atoms with Crippen molar-refractivity contribution in [1.82, 2.24) is 5.32 Å². The normalized spacial score (nSPS) is 15.7. The topological polar surface area (TPSA) is 76.7 Å². The van der Waals surface area contributed by atoms with Crippen LogP contribution in [0.5, 0.6) is 5.75 Å². The quantitative estimate of drug-likeness (QED) is 0.294. The summed E-state index contributed by atoms with van der Waals surface area (Å²) < 4.78 is 30.5. The van der Waals surface area contributed by atoms with Crippen molar-refractivity contribution in [1.29, 1.82) is 0 Å². The van der Waals surface area contributed by atoms with Crippen molar-refractivity contribution in [3.63, 3.8) is 0 Å². The largest absolute Gasteiger partial charge is 0.435 e. The number of hydrogen-bond donors (Lipinski definition) is 2. The first-order chi connectivity index (χ1) is 15.3. The number of nitrogens with zero attached hydrogens (tertiary/aromatic N) is 1. The number of nitrogens with one attached hydrogen (secondary N) is 1. The Kier molecular flexibility index (Phi) is 7.14. The van der Waals surface area contributed by atoms with E-state index in [2.05, 4.69) is 22.2 Å². The Bertz CT molecular complexity index is 1070. The van der Waals surface area contributed by atoms with Gasteiger partial charge in [0.25, 0.3) is 0 Å². The monoisotopic (exact) mass is 439 g/mol. The van der Waals surface area contributed by atoms with Gasteiger partial charge in [0.1, 0.15) is 5.75 Å². The first kappa shape index (κ1) is 23.3. The SMILES string of the molecule is CN/C(N)=N\[C@@](C=O)(c1cccc(C#CC(C)C)c1)c1ccc(OC(F)F)c(C2CC2)c1. The zero-order valence-electron chi connectivity index (χ0n) is 18.4. The number of nitrogens with two attached hydrogens (primary N) is 1. The van der Waals surface area contributed by atoms with Crippen LogP contribution in [0.2, 0.25) is 0 Å². The van der Waals surface area contributed by atoms with E-state index in [1.165, 1.54) is 6.07 Å². The highest BCUT2D eigenvalue weighted by Gasteiger charge is 2.37. The molecule has 1 saturated carbocycles. The van der Waals surface area contributed by atoms with Crippen LogP contribution in [0.4, 0.5) is 8.78 Å². The van der Waals surface area contributed by atoms with Gasteiger partial charge in [-0.2, -0.15) is 8.78 Å². The van der Waals surface area contributed by atoms with Crippen molar-refractivity contribution in [2.75, 3.05) is 7.05 Å². The van der Waals surface area contributed by atoms with E-state index in [9.17, 15) is 13.6 Å². The van der Waals surface area contributed by atoms with Crippen LogP contribution in [0, 0.1) is 17.8 Å². The van der Waals surface area contributed by atoms with Gasteiger partial charge in [0.15, 0.2) is 17.8 Å². The molecular formula is C25H27F2N3O2. The molecule has 0 saturated heterocycles. The Labute approximate surface area is 187 Å². The molecule has 0 aliphatic heterocycles. The summed E-state index contributed by atoms with van der Waals surface area (Å²) in [6.07, 6.45) is 2.46. The van der Waals surface area contributed by atoms with E-state index < -0.39 is 12.2 Å². The molecule has 0 unspecified atom stereocenters. The van der Waals surface area contributed by atoms with Crippen LogP contribution in [0.25, 0.3) is 0 Å². The molecular weight excluding hydrogens is 412 g/mol. The summed E-state index contributed by atoms with van der Waals surface area (Å²) in [7, 11) is 1.61. The van der Waals surface area contributed by atoms with Crippen LogP contribution in [0.1, 0.15) is 54.9 Å². The van der Waals surface area contributed by atoms with Gasteiger partial charge in [0.2, 0.25) is 0 Å².